The lowest BCUT2D eigenvalue weighted by atomic mass is 9.92. The molecule has 0 aromatic carbocycles. The molecular formula is C23H32N4O3S. The summed E-state index contributed by atoms with van der Waals surface area (Å²) in [6, 6.07) is 0.211. The van der Waals surface area contributed by atoms with E-state index in [0.717, 1.165) is 45.3 Å². The van der Waals surface area contributed by atoms with Gasteiger partial charge in [-0.15, -0.1) is 11.3 Å². The molecule has 2 aliphatic heterocycles. The summed E-state index contributed by atoms with van der Waals surface area (Å²) in [5, 5.41) is 0.466. The highest BCUT2D eigenvalue weighted by atomic mass is 32.1. The number of carbonyl (C=O) groups is 2. The molecule has 168 valence electrons. The minimum absolute atomic E-state index is 0.00832. The van der Waals surface area contributed by atoms with Crippen molar-refractivity contribution in [1.29, 1.82) is 0 Å². The molecule has 31 heavy (non-hydrogen) atoms. The summed E-state index contributed by atoms with van der Waals surface area (Å²) in [5.74, 6) is 0.879. The maximum Gasteiger partial charge on any atom is 0.264 e. The van der Waals surface area contributed by atoms with Gasteiger partial charge in [0.25, 0.3) is 11.5 Å². The summed E-state index contributed by atoms with van der Waals surface area (Å²) >= 11 is 1.29. The van der Waals surface area contributed by atoms with Crippen LogP contribution in [0.4, 0.5) is 0 Å². The summed E-state index contributed by atoms with van der Waals surface area (Å²) in [5.41, 5.74) is 0.443. The molecule has 0 saturated carbocycles. The molecule has 2 fully saturated rings. The van der Waals surface area contributed by atoms with E-state index in [-0.39, 0.29) is 30.0 Å². The molecule has 2 aromatic rings. The summed E-state index contributed by atoms with van der Waals surface area (Å²) in [6.45, 7) is 10.4. The molecule has 0 radical (unpaired) electrons. The Kier molecular flexibility index (Phi) is 6.19. The molecule has 3 atom stereocenters. The third kappa shape index (κ3) is 4.27. The fourth-order valence-corrected chi connectivity index (χ4v) is 6.21. The summed E-state index contributed by atoms with van der Waals surface area (Å²) in [6.07, 6.45) is 5.74. The highest BCUT2D eigenvalue weighted by Crippen LogP contribution is 2.30. The fourth-order valence-electron chi connectivity index (χ4n) is 5.12. The van der Waals surface area contributed by atoms with E-state index < -0.39 is 0 Å². The van der Waals surface area contributed by atoms with Crippen molar-refractivity contribution in [2.75, 3.05) is 19.6 Å². The molecule has 0 spiro atoms. The van der Waals surface area contributed by atoms with E-state index in [1.807, 2.05) is 16.7 Å². The quantitative estimate of drug-likeness (QED) is 0.728. The van der Waals surface area contributed by atoms with Crippen LogP contribution in [-0.2, 0) is 11.3 Å². The first-order valence-corrected chi connectivity index (χ1v) is 12.1. The average molecular weight is 445 g/mol. The molecule has 2 aromatic heterocycles. The lowest BCUT2D eigenvalue weighted by Crippen LogP contribution is -2.44. The number of amides is 2. The number of hydrogen-bond donors (Lipinski definition) is 0. The molecule has 8 heteroatoms. The molecule has 0 bridgehead atoms. The second-order valence-corrected chi connectivity index (χ2v) is 10.5. The zero-order chi connectivity index (χ0) is 22.3. The third-order valence-electron chi connectivity index (χ3n) is 6.70. The molecule has 4 heterocycles. The topological polar surface area (TPSA) is 75.5 Å². The first-order valence-electron chi connectivity index (χ1n) is 11.3. The number of piperidine rings is 2. The maximum absolute atomic E-state index is 13.2. The van der Waals surface area contributed by atoms with Crippen LogP contribution < -0.4 is 5.56 Å². The number of fused-ring (bicyclic) bond motifs is 1. The van der Waals surface area contributed by atoms with Crippen molar-refractivity contribution in [3.05, 3.63) is 27.1 Å². The second kappa shape index (κ2) is 8.73. The van der Waals surface area contributed by atoms with Gasteiger partial charge in [-0.2, -0.15) is 0 Å². The number of nitrogens with zero attached hydrogens (tertiary/aromatic N) is 4. The minimum atomic E-state index is -0.240. The van der Waals surface area contributed by atoms with Gasteiger partial charge < -0.3 is 9.80 Å². The average Bonchev–Trinajstić information content (AvgIpc) is 3.06. The zero-order valence-electron chi connectivity index (χ0n) is 18.9. The van der Waals surface area contributed by atoms with Crippen LogP contribution >= 0.6 is 11.3 Å². The van der Waals surface area contributed by atoms with Crippen LogP contribution in [0.25, 0.3) is 10.2 Å². The summed E-state index contributed by atoms with van der Waals surface area (Å²) in [4.78, 5) is 48.6. The lowest BCUT2D eigenvalue weighted by molar-refractivity contribution is -0.134. The van der Waals surface area contributed by atoms with Gasteiger partial charge in [-0.3, -0.25) is 19.0 Å². The third-order valence-corrected chi connectivity index (χ3v) is 7.89. The van der Waals surface area contributed by atoms with Gasteiger partial charge in [-0.05, 0) is 56.9 Å². The maximum atomic E-state index is 13.2. The zero-order valence-corrected chi connectivity index (χ0v) is 19.7. The van der Waals surface area contributed by atoms with Gasteiger partial charge in [0.15, 0.2) is 0 Å². The fraction of sp³-hybridized carbons (Fsp3) is 0.652. The molecule has 0 unspecified atom stereocenters. The van der Waals surface area contributed by atoms with Crippen LogP contribution in [0.15, 0.2) is 11.1 Å². The van der Waals surface area contributed by atoms with Crippen LogP contribution in [0.1, 0.15) is 61.7 Å². The first kappa shape index (κ1) is 22.0. The monoisotopic (exact) mass is 444 g/mol. The highest BCUT2D eigenvalue weighted by Gasteiger charge is 2.29. The van der Waals surface area contributed by atoms with Gasteiger partial charge >= 0.3 is 0 Å². The molecule has 0 aliphatic carbocycles. The SMILES string of the molecule is Cc1c(C(=O)N2CCCC[C@@H]2C)sc2ncn(CC(=O)N3C[C@@H](C)C[C@H](C)C3)c(=O)c12. The molecule has 2 aliphatic rings. The molecule has 7 nitrogen and oxygen atoms in total. The Hall–Kier alpha value is -2.22. The van der Waals surface area contributed by atoms with Crippen molar-refractivity contribution >= 4 is 33.4 Å². The number of thiophene rings is 1. The van der Waals surface area contributed by atoms with Gasteiger partial charge in [0.1, 0.15) is 11.4 Å². The Morgan fingerprint density at radius 3 is 2.55 bits per heavy atom. The number of rotatable bonds is 3. The van der Waals surface area contributed by atoms with Crippen LogP contribution in [0, 0.1) is 18.8 Å². The van der Waals surface area contributed by atoms with E-state index >= 15 is 0 Å². The van der Waals surface area contributed by atoms with Crippen LogP contribution in [-0.4, -0.2) is 56.8 Å². The lowest BCUT2D eigenvalue weighted by Gasteiger charge is -2.35. The number of aryl methyl sites for hydroxylation is 1. The smallest absolute Gasteiger partial charge is 0.264 e. The summed E-state index contributed by atoms with van der Waals surface area (Å²) in [7, 11) is 0. The van der Waals surface area contributed by atoms with Crippen molar-refractivity contribution < 1.29 is 9.59 Å². The number of hydrogen-bond acceptors (Lipinski definition) is 5. The molecule has 2 saturated heterocycles. The largest absolute Gasteiger partial charge is 0.341 e. The van der Waals surface area contributed by atoms with Crippen LogP contribution in [0.5, 0.6) is 0 Å². The highest BCUT2D eigenvalue weighted by molar-refractivity contribution is 7.20. The Morgan fingerprint density at radius 2 is 1.87 bits per heavy atom. The first-order chi connectivity index (χ1) is 14.8. The van der Waals surface area contributed by atoms with Gasteiger partial charge in [-0.25, -0.2) is 4.98 Å². The van der Waals surface area contributed by atoms with E-state index in [0.29, 0.717) is 32.5 Å². The van der Waals surface area contributed by atoms with Gasteiger partial charge in [0.05, 0.1) is 16.6 Å². The number of carbonyl (C=O) groups excluding carboxylic acids is 2. The van der Waals surface area contributed by atoms with Crippen molar-refractivity contribution in [1.82, 2.24) is 19.4 Å². The second-order valence-electron chi connectivity index (χ2n) is 9.50. The van der Waals surface area contributed by atoms with Crippen molar-refractivity contribution in [3.63, 3.8) is 0 Å². The number of likely N-dealkylation sites (tertiary alicyclic amines) is 2. The molecule has 4 rings (SSSR count). The van der Waals surface area contributed by atoms with E-state index in [9.17, 15) is 14.4 Å². The van der Waals surface area contributed by atoms with Gasteiger partial charge in [0, 0.05) is 25.7 Å². The standard InChI is InChI=1S/C23H32N4O3S/c1-14-9-15(2)11-25(10-14)18(28)12-26-13-24-21-19(22(26)29)17(4)20(31-21)23(30)27-8-6-5-7-16(27)3/h13-16H,5-12H2,1-4H3/t14-,15-,16-/m0/s1. The minimum Gasteiger partial charge on any atom is -0.341 e. The summed E-state index contributed by atoms with van der Waals surface area (Å²) < 4.78 is 1.39. The Bertz CT molecular complexity index is 1050. The molecule has 0 N–H and O–H groups in total. The van der Waals surface area contributed by atoms with E-state index in [1.165, 1.54) is 22.2 Å². The van der Waals surface area contributed by atoms with E-state index in [4.69, 9.17) is 0 Å². The molecule has 2 amide bonds. The van der Waals surface area contributed by atoms with E-state index in [1.54, 1.807) is 0 Å². The van der Waals surface area contributed by atoms with Crippen LogP contribution in [0.3, 0.4) is 0 Å². The normalized spacial score (nSPS) is 24.6. The van der Waals surface area contributed by atoms with Crippen molar-refractivity contribution in [2.45, 2.75) is 66.0 Å². The Labute approximate surface area is 187 Å². The van der Waals surface area contributed by atoms with Crippen molar-refractivity contribution in [3.8, 4) is 0 Å². The Balaban J connectivity index is 1.60. The van der Waals surface area contributed by atoms with Crippen LogP contribution in [0.2, 0.25) is 0 Å². The van der Waals surface area contributed by atoms with Gasteiger partial charge in [0.2, 0.25) is 5.91 Å². The van der Waals surface area contributed by atoms with Crippen molar-refractivity contribution in [2.24, 2.45) is 11.8 Å². The molecular weight excluding hydrogens is 412 g/mol. The predicted molar refractivity (Wildman–Crippen MR) is 122 cm³/mol. The van der Waals surface area contributed by atoms with E-state index in [2.05, 4.69) is 25.8 Å². The predicted octanol–water partition coefficient (Wildman–Crippen LogP) is 3.29. The number of aromatic nitrogens is 2. The van der Waals surface area contributed by atoms with Gasteiger partial charge in [-0.1, -0.05) is 13.8 Å². The Morgan fingerprint density at radius 1 is 1.16 bits per heavy atom.